The predicted molar refractivity (Wildman–Crippen MR) is 126 cm³/mol. The van der Waals surface area contributed by atoms with Gasteiger partial charge in [-0.15, -0.1) is 0 Å². The molecule has 0 aliphatic heterocycles. The SMILES string of the molecule is COC(=O)COc1ccc(C=NNC(=O)C(C(=O)Nc2ccc(OC)cc2)C(C)C)cc1OC. The summed E-state index contributed by atoms with van der Waals surface area (Å²) in [5.74, 6) is -1.34. The fraction of sp³-hybridized carbons (Fsp3) is 0.333. The van der Waals surface area contributed by atoms with Crippen LogP contribution >= 0.6 is 0 Å². The molecule has 34 heavy (non-hydrogen) atoms. The summed E-state index contributed by atoms with van der Waals surface area (Å²) in [5.41, 5.74) is 3.57. The largest absolute Gasteiger partial charge is 0.497 e. The van der Waals surface area contributed by atoms with Crippen molar-refractivity contribution < 1.29 is 33.3 Å². The molecule has 0 saturated heterocycles. The molecule has 0 aliphatic carbocycles. The normalized spacial score (nSPS) is 11.6. The minimum absolute atomic E-state index is 0.258. The minimum atomic E-state index is -0.956. The first-order valence-corrected chi connectivity index (χ1v) is 10.4. The third kappa shape index (κ3) is 7.51. The van der Waals surface area contributed by atoms with Crippen molar-refractivity contribution in [3.63, 3.8) is 0 Å². The molecular formula is C24H29N3O7. The van der Waals surface area contributed by atoms with Gasteiger partial charge < -0.3 is 24.3 Å². The summed E-state index contributed by atoms with van der Waals surface area (Å²) in [5, 5.41) is 6.70. The zero-order chi connectivity index (χ0) is 25.1. The number of amides is 2. The zero-order valence-corrected chi connectivity index (χ0v) is 19.8. The van der Waals surface area contributed by atoms with Gasteiger partial charge in [0.2, 0.25) is 5.91 Å². The van der Waals surface area contributed by atoms with Gasteiger partial charge in [0, 0.05) is 5.69 Å². The van der Waals surface area contributed by atoms with E-state index in [9.17, 15) is 14.4 Å². The lowest BCUT2D eigenvalue weighted by molar-refractivity contribution is -0.143. The number of carbonyl (C=O) groups is 3. The molecule has 0 radical (unpaired) electrons. The van der Waals surface area contributed by atoms with Gasteiger partial charge in [-0.05, 0) is 53.9 Å². The van der Waals surface area contributed by atoms with Crippen molar-refractivity contribution in [2.24, 2.45) is 16.9 Å². The number of nitrogens with zero attached hydrogens (tertiary/aromatic N) is 1. The molecule has 1 unspecified atom stereocenters. The van der Waals surface area contributed by atoms with Gasteiger partial charge in [-0.25, -0.2) is 10.2 Å². The summed E-state index contributed by atoms with van der Waals surface area (Å²) in [4.78, 5) is 36.6. The van der Waals surface area contributed by atoms with Crippen LogP contribution in [0.25, 0.3) is 0 Å². The third-order valence-electron chi connectivity index (χ3n) is 4.74. The highest BCUT2D eigenvalue weighted by Gasteiger charge is 2.30. The van der Waals surface area contributed by atoms with E-state index in [4.69, 9.17) is 14.2 Å². The molecule has 2 N–H and O–H groups in total. The Morgan fingerprint density at radius 2 is 1.65 bits per heavy atom. The molecule has 2 aromatic carbocycles. The molecule has 0 bridgehead atoms. The van der Waals surface area contributed by atoms with E-state index in [0.29, 0.717) is 28.5 Å². The highest BCUT2D eigenvalue weighted by Crippen LogP contribution is 2.27. The number of ether oxygens (including phenoxy) is 4. The Kier molecular flexibility index (Phi) is 9.88. The molecule has 0 aliphatic rings. The lowest BCUT2D eigenvalue weighted by atomic mass is 9.94. The van der Waals surface area contributed by atoms with Gasteiger partial charge in [0.25, 0.3) is 5.91 Å². The maximum atomic E-state index is 12.7. The fourth-order valence-electron chi connectivity index (χ4n) is 2.94. The number of benzene rings is 2. The van der Waals surface area contributed by atoms with E-state index in [1.54, 1.807) is 63.4 Å². The van der Waals surface area contributed by atoms with Crippen LogP contribution in [-0.4, -0.2) is 51.9 Å². The van der Waals surface area contributed by atoms with Crippen molar-refractivity contribution in [3.05, 3.63) is 48.0 Å². The van der Waals surface area contributed by atoms with Crippen LogP contribution in [0.15, 0.2) is 47.6 Å². The molecule has 1 atom stereocenters. The van der Waals surface area contributed by atoms with Gasteiger partial charge in [0.15, 0.2) is 18.1 Å². The number of hydrogen-bond donors (Lipinski definition) is 2. The molecule has 182 valence electrons. The topological polar surface area (TPSA) is 125 Å². The smallest absolute Gasteiger partial charge is 0.343 e. The van der Waals surface area contributed by atoms with Crippen LogP contribution in [0.3, 0.4) is 0 Å². The fourth-order valence-corrected chi connectivity index (χ4v) is 2.94. The summed E-state index contributed by atoms with van der Waals surface area (Å²) >= 11 is 0. The Labute approximate surface area is 198 Å². The lowest BCUT2D eigenvalue weighted by Crippen LogP contribution is -2.39. The minimum Gasteiger partial charge on any atom is -0.497 e. The quantitative estimate of drug-likeness (QED) is 0.223. The molecule has 0 heterocycles. The molecule has 0 spiro atoms. The van der Waals surface area contributed by atoms with Gasteiger partial charge in [-0.1, -0.05) is 13.8 Å². The Morgan fingerprint density at radius 3 is 2.24 bits per heavy atom. The number of nitrogens with one attached hydrogen (secondary N) is 2. The second-order valence-corrected chi connectivity index (χ2v) is 7.45. The van der Waals surface area contributed by atoms with E-state index >= 15 is 0 Å². The first-order valence-electron chi connectivity index (χ1n) is 10.4. The maximum Gasteiger partial charge on any atom is 0.343 e. The molecular weight excluding hydrogens is 442 g/mol. The van der Waals surface area contributed by atoms with E-state index < -0.39 is 23.7 Å². The molecule has 2 amide bonds. The summed E-state index contributed by atoms with van der Waals surface area (Å²) in [6.07, 6.45) is 1.41. The molecule has 2 rings (SSSR count). The van der Waals surface area contributed by atoms with Crippen molar-refractivity contribution in [2.75, 3.05) is 33.3 Å². The summed E-state index contributed by atoms with van der Waals surface area (Å²) in [6.45, 7) is 3.30. The number of esters is 1. The first kappa shape index (κ1) is 26.2. The molecule has 0 aromatic heterocycles. The average Bonchev–Trinajstić information content (AvgIpc) is 2.83. The van der Waals surface area contributed by atoms with Gasteiger partial charge in [-0.3, -0.25) is 9.59 Å². The summed E-state index contributed by atoms with van der Waals surface area (Å²) in [7, 11) is 4.28. The van der Waals surface area contributed by atoms with Crippen LogP contribution < -0.4 is 25.0 Å². The van der Waals surface area contributed by atoms with Crippen LogP contribution in [0.2, 0.25) is 0 Å². The van der Waals surface area contributed by atoms with E-state index in [1.807, 2.05) is 0 Å². The number of hydrazone groups is 1. The van der Waals surface area contributed by atoms with Gasteiger partial charge in [-0.2, -0.15) is 5.10 Å². The number of rotatable bonds is 11. The third-order valence-corrected chi connectivity index (χ3v) is 4.74. The predicted octanol–water partition coefficient (Wildman–Crippen LogP) is 2.62. The first-order chi connectivity index (χ1) is 16.3. The molecule has 2 aromatic rings. The van der Waals surface area contributed by atoms with Crippen LogP contribution in [0.1, 0.15) is 19.4 Å². The zero-order valence-electron chi connectivity index (χ0n) is 19.8. The van der Waals surface area contributed by atoms with Crippen molar-refractivity contribution in [1.29, 1.82) is 0 Å². The second-order valence-electron chi connectivity index (χ2n) is 7.45. The maximum absolute atomic E-state index is 12.7. The summed E-state index contributed by atoms with van der Waals surface area (Å²) in [6, 6.07) is 11.7. The van der Waals surface area contributed by atoms with E-state index in [-0.39, 0.29) is 12.5 Å². The number of anilines is 1. The summed E-state index contributed by atoms with van der Waals surface area (Å²) < 4.78 is 20.3. The van der Waals surface area contributed by atoms with Crippen molar-refractivity contribution in [3.8, 4) is 17.2 Å². The highest BCUT2D eigenvalue weighted by molar-refractivity contribution is 6.06. The molecule has 10 nitrogen and oxygen atoms in total. The van der Waals surface area contributed by atoms with Crippen molar-refractivity contribution in [1.82, 2.24) is 5.43 Å². The molecule has 0 fully saturated rings. The monoisotopic (exact) mass is 471 g/mol. The Hall–Kier alpha value is -4.08. The average molecular weight is 472 g/mol. The van der Waals surface area contributed by atoms with Gasteiger partial charge in [0.1, 0.15) is 11.7 Å². The molecule has 0 saturated carbocycles. The van der Waals surface area contributed by atoms with Crippen molar-refractivity contribution >= 4 is 29.7 Å². The van der Waals surface area contributed by atoms with Gasteiger partial charge in [0.05, 0.1) is 27.5 Å². The number of methoxy groups -OCH3 is 3. The van der Waals surface area contributed by atoms with Crippen LogP contribution in [-0.2, 0) is 19.1 Å². The van der Waals surface area contributed by atoms with Crippen LogP contribution in [0.5, 0.6) is 17.2 Å². The van der Waals surface area contributed by atoms with E-state index in [2.05, 4.69) is 20.6 Å². The van der Waals surface area contributed by atoms with Crippen molar-refractivity contribution in [2.45, 2.75) is 13.8 Å². The van der Waals surface area contributed by atoms with Crippen LogP contribution in [0.4, 0.5) is 5.69 Å². The Bertz CT molecular complexity index is 1020. The lowest BCUT2D eigenvalue weighted by Gasteiger charge is -2.18. The molecule has 10 heteroatoms. The number of hydrogen-bond acceptors (Lipinski definition) is 8. The number of carbonyl (C=O) groups excluding carboxylic acids is 3. The van der Waals surface area contributed by atoms with Crippen LogP contribution in [0, 0.1) is 11.8 Å². The Balaban J connectivity index is 2.02. The van der Waals surface area contributed by atoms with Gasteiger partial charge >= 0.3 is 5.97 Å². The standard InChI is InChI=1S/C24H29N3O7/c1-15(2)22(23(29)26-17-7-9-18(31-3)10-8-17)24(30)27-25-13-16-6-11-19(20(12-16)32-4)34-14-21(28)33-5/h6-13,15,22H,14H2,1-5H3,(H,26,29)(H,27,30). The Morgan fingerprint density at radius 1 is 0.941 bits per heavy atom. The second kappa shape index (κ2) is 12.8. The van der Waals surface area contributed by atoms with E-state index in [1.165, 1.54) is 20.4 Å². The highest BCUT2D eigenvalue weighted by atomic mass is 16.6. The van der Waals surface area contributed by atoms with E-state index in [0.717, 1.165) is 0 Å².